The van der Waals surface area contributed by atoms with Crippen LogP contribution in [0, 0.1) is 10.1 Å². The number of hydrogen-bond acceptors (Lipinski definition) is 7. The number of pyridine rings is 1. The number of aromatic amines is 1. The van der Waals surface area contributed by atoms with Crippen molar-refractivity contribution in [3.63, 3.8) is 0 Å². The number of H-pyrrole nitrogens is 1. The Hall–Kier alpha value is -3.49. The number of nitrogens with zero attached hydrogens (tertiary/aromatic N) is 3. The second kappa shape index (κ2) is 6.95. The Morgan fingerprint density at radius 1 is 1.40 bits per heavy atom. The first kappa shape index (κ1) is 16.4. The zero-order valence-electron chi connectivity index (χ0n) is 13.4. The maximum Gasteiger partial charge on any atom is 0.339 e. The Bertz CT molecular complexity index is 904. The summed E-state index contributed by atoms with van der Waals surface area (Å²) in [5.74, 6) is 0.181. The SMILES string of the molecule is COC(=O)c1cnc(NCCc2nc3ccccc3[nH]2)c([N+](=O)[O-])c1. The molecule has 1 aromatic carbocycles. The van der Waals surface area contributed by atoms with Gasteiger partial charge in [-0.05, 0) is 12.1 Å². The van der Waals surface area contributed by atoms with Gasteiger partial charge in [-0.3, -0.25) is 10.1 Å². The summed E-state index contributed by atoms with van der Waals surface area (Å²) in [6.07, 6.45) is 1.77. The molecule has 0 aliphatic rings. The number of aromatic nitrogens is 3. The molecule has 0 aliphatic carbocycles. The molecule has 0 fully saturated rings. The van der Waals surface area contributed by atoms with Crippen LogP contribution in [0.5, 0.6) is 0 Å². The van der Waals surface area contributed by atoms with Crippen LogP contribution in [0.2, 0.25) is 0 Å². The molecule has 2 heterocycles. The summed E-state index contributed by atoms with van der Waals surface area (Å²) in [6, 6.07) is 8.79. The average molecular weight is 341 g/mol. The van der Waals surface area contributed by atoms with Crippen molar-refractivity contribution in [3.05, 3.63) is 58.0 Å². The van der Waals surface area contributed by atoms with Crippen LogP contribution in [0.1, 0.15) is 16.2 Å². The van der Waals surface area contributed by atoms with E-state index in [0.29, 0.717) is 13.0 Å². The topological polar surface area (TPSA) is 123 Å². The molecule has 0 radical (unpaired) electrons. The number of nitro groups is 1. The van der Waals surface area contributed by atoms with E-state index in [2.05, 4.69) is 25.0 Å². The fourth-order valence-electron chi connectivity index (χ4n) is 2.38. The molecule has 2 N–H and O–H groups in total. The van der Waals surface area contributed by atoms with E-state index in [4.69, 9.17) is 0 Å². The summed E-state index contributed by atoms with van der Waals surface area (Å²) in [6.45, 7) is 0.394. The van der Waals surface area contributed by atoms with E-state index >= 15 is 0 Å². The van der Waals surface area contributed by atoms with E-state index in [1.807, 2.05) is 24.3 Å². The van der Waals surface area contributed by atoms with Crippen LogP contribution < -0.4 is 5.32 Å². The van der Waals surface area contributed by atoms with E-state index in [-0.39, 0.29) is 17.1 Å². The summed E-state index contributed by atoms with van der Waals surface area (Å²) in [4.78, 5) is 33.6. The van der Waals surface area contributed by atoms with Crippen LogP contribution in [0.4, 0.5) is 11.5 Å². The molecule has 9 nitrogen and oxygen atoms in total. The fraction of sp³-hybridized carbons (Fsp3) is 0.188. The Morgan fingerprint density at radius 3 is 2.92 bits per heavy atom. The summed E-state index contributed by atoms with van der Waals surface area (Å²) < 4.78 is 4.54. The molecule has 0 bridgehead atoms. The zero-order valence-corrected chi connectivity index (χ0v) is 13.4. The highest BCUT2D eigenvalue weighted by Crippen LogP contribution is 2.23. The first-order valence-corrected chi connectivity index (χ1v) is 7.48. The number of anilines is 1. The van der Waals surface area contributed by atoms with Gasteiger partial charge in [0, 0.05) is 25.2 Å². The number of nitrogens with one attached hydrogen (secondary N) is 2. The highest BCUT2D eigenvalue weighted by atomic mass is 16.6. The van der Waals surface area contributed by atoms with Gasteiger partial charge in [0.1, 0.15) is 5.82 Å². The molecule has 0 amide bonds. The molecule has 2 aromatic heterocycles. The van der Waals surface area contributed by atoms with E-state index in [9.17, 15) is 14.9 Å². The molecule has 0 atom stereocenters. The second-order valence-corrected chi connectivity index (χ2v) is 5.22. The molecular weight excluding hydrogens is 326 g/mol. The molecule has 128 valence electrons. The van der Waals surface area contributed by atoms with Crippen LogP contribution in [-0.4, -0.2) is 39.5 Å². The summed E-state index contributed by atoms with van der Waals surface area (Å²) in [5, 5.41) is 14.1. The number of fused-ring (bicyclic) bond motifs is 1. The number of hydrogen-bond donors (Lipinski definition) is 2. The first-order valence-electron chi connectivity index (χ1n) is 7.48. The first-order chi connectivity index (χ1) is 12.1. The number of ether oxygens (including phenoxy) is 1. The lowest BCUT2D eigenvalue weighted by Gasteiger charge is -2.06. The lowest BCUT2D eigenvalue weighted by Crippen LogP contribution is -2.11. The van der Waals surface area contributed by atoms with Crippen molar-refractivity contribution in [3.8, 4) is 0 Å². The van der Waals surface area contributed by atoms with Crippen molar-refractivity contribution >= 4 is 28.5 Å². The highest BCUT2D eigenvalue weighted by Gasteiger charge is 2.19. The summed E-state index contributed by atoms with van der Waals surface area (Å²) in [5.41, 5.74) is 1.54. The third-order valence-electron chi connectivity index (χ3n) is 3.58. The van der Waals surface area contributed by atoms with E-state index in [1.54, 1.807) is 0 Å². The van der Waals surface area contributed by atoms with Gasteiger partial charge in [-0.25, -0.2) is 14.8 Å². The van der Waals surface area contributed by atoms with E-state index < -0.39 is 10.9 Å². The largest absolute Gasteiger partial charge is 0.465 e. The Morgan fingerprint density at radius 2 is 2.20 bits per heavy atom. The molecule has 0 spiro atoms. The maximum atomic E-state index is 11.5. The molecule has 3 rings (SSSR count). The number of carbonyl (C=O) groups is 1. The molecule has 25 heavy (non-hydrogen) atoms. The summed E-state index contributed by atoms with van der Waals surface area (Å²) in [7, 11) is 1.20. The predicted octanol–water partition coefficient (Wildman–Crippen LogP) is 2.31. The van der Waals surface area contributed by atoms with Gasteiger partial charge in [-0.1, -0.05) is 12.1 Å². The van der Waals surface area contributed by atoms with Gasteiger partial charge >= 0.3 is 11.7 Å². The van der Waals surface area contributed by atoms with Crippen LogP contribution >= 0.6 is 0 Å². The van der Waals surface area contributed by atoms with Gasteiger partial charge in [0.2, 0.25) is 5.82 Å². The quantitative estimate of drug-likeness (QED) is 0.400. The highest BCUT2D eigenvalue weighted by molar-refractivity contribution is 5.90. The number of rotatable bonds is 6. The average Bonchev–Trinajstić information content (AvgIpc) is 3.03. The van der Waals surface area contributed by atoms with Crippen molar-refractivity contribution in [1.82, 2.24) is 15.0 Å². The van der Waals surface area contributed by atoms with Crippen molar-refractivity contribution in [1.29, 1.82) is 0 Å². The molecule has 0 saturated carbocycles. The van der Waals surface area contributed by atoms with Crippen LogP contribution in [0.25, 0.3) is 11.0 Å². The van der Waals surface area contributed by atoms with Gasteiger partial charge in [0.25, 0.3) is 0 Å². The van der Waals surface area contributed by atoms with E-state index in [0.717, 1.165) is 22.9 Å². The molecule has 0 unspecified atom stereocenters. The van der Waals surface area contributed by atoms with Gasteiger partial charge in [-0.15, -0.1) is 0 Å². The molecule has 0 saturated heterocycles. The van der Waals surface area contributed by atoms with E-state index in [1.165, 1.54) is 13.3 Å². The van der Waals surface area contributed by atoms with Gasteiger partial charge < -0.3 is 15.0 Å². The third kappa shape index (κ3) is 3.55. The molecule has 3 aromatic rings. The Kier molecular flexibility index (Phi) is 4.55. The number of para-hydroxylation sites is 2. The second-order valence-electron chi connectivity index (χ2n) is 5.22. The van der Waals surface area contributed by atoms with Gasteiger partial charge in [-0.2, -0.15) is 0 Å². The Balaban J connectivity index is 1.71. The minimum atomic E-state index is -0.676. The normalized spacial score (nSPS) is 10.6. The van der Waals surface area contributed by atoms with Crippen LogP contribution in [0.3, 0.4) is 0 Å². The van der Waals surface area contributed by atoms with Crippen LogP contribution in [-0.2, 0) is 11.2 Å². The van der Waals surface area contributed by atoms with Gasteiger partial charge in [0.15, 0.2) is 0 Å². The van der Waals surface area contributed by atoms with Crippen molar-refractivity contribution in [2.75, 3.05) is 19.0 Å². The van der Waals surface area contributed by atoms with Crippen molar-refractivity contribution in [2.24, 2.45) is 0 Å². The maximum absolute atomic E-state index is 11.5. The number of imidazole rings is 1. The van der Waals surface area contributed by atoms with Crippen LogP contribution in [0.15, 0.2) is 36.5 Å². The fourth-order valence-corrected chi connectivity index (χ4v) is 2.38. The lowest BCUT2D eigenvalue weighted by atomic mass is 10.2. The predicted molar refractivity (Wildman–Crippen MR) is 90.5 cm³/mol. The standard InChI is InChI=1S/C16H15N5O4/c1-25-16(22)10-8-13(21(23)24)15(18-9-10)17-7-6-14-19-11-4-2-3-5-12(11)20-14/h2-5,8-9H,6-7H2,1H3,(H,17,18)(H,19,20). The number of methoxy groups -OCH3 is 1. The number of esters is 1. The molecule has 9 heteroatoms. The Labute approximate surface area is 142 Å². The minimum Gasteiger partial charge on any atom is -0.465 e. The smallest absolute Gasteiger partial charge is 0.339 e. The van der Waals surface area contributed by atoms with Crippen molar-refractivity contribution < 1.29 is 14.5 Å². The zero-order chi connectivity index (χ0) is 17.8. The molecular formula is C16H15N5O4. The lowest BCUT2D eigenvalue weighted by molar-refractivity contribution is -0.384. The summed E-state index contributed by atoms with van der Waals surface area (Å²) >= 11 is 0. The monoisotopic (exact) mass is 341 g/mol. The minimum absolute atomic E-state index is 0.0250. The number of benzene rings is 1. The number of carbonyl (C=O) groups excluding carboxylic acids is 1. The van der Waals surface area contributed by atoms with Crippen molar-refractivity contribution in [2.45, 2.75) is 6.42 Å². The molecule has 0 aliphatic heterocycles. The third-order valence-corrected chi connectivity index (χ3v) is 3.58. The van der Waals surface area contributed by atoms with Gasteiger partial charge in [0.05, 0.1) is 28.6 Å².